The van der Waals surface area contributed by atoms with E-state index in [1.807, 2.05) is 52.3 Å². The number of amides is 2. The minimum absolute atomic E-state index is 0.0579. The topological polar surface area (TPSA) is 40.6 Å². The van der Waals surface area contributed by atoms with Crippen LogP contribution in [0.5, 0.6) is 0 Å². The maximum Gasteiger partial charge on any atom is 0.253 e. The van der Waals surface area contributed by atoms with Crippen LogP contribution in [-0.4, -0.2) is 47.8 Å². The Balaban J connectivity index is 1.31. The van der Waals surface area contributed by atoms with Crippen LogP contribution in [0, 0.1) is 5.92 Å². The van der Waals surface area contributed by atoms with Crippen LogP contribution in [0.3, 0.4) is 0 Å². The number of carbonyl (C=O) groups excluding carboxylic acids is 2. The fourth-order valence-electron chi connectivity index (χ4n) is 4.37. The van der Waals surface area contributed by atoms with E-state index in [4.69, 9.17) is 0 Å². The highest BCUT2D eigenvalue weighted by atomic mass is 16.2. The molecule has 1 saturated heterocycles. The molecule has 1 aliphatic carbocycles. The molecule has 2 amide bonds. The molecular formula is C24H28N2O2. The van der Waals surface area contributed by atoms with E-state index >= 15 is 0 Å². The maximum absolute atomic E-state index is 12.8. The van der Waals surface area contributed by atoms with Crippen molar-refractivity contribution >= 4 is 11.8 Å². The molecule has 0 atom stereocenters. The van der Waals surface area contributed by atoms with Crippen molar-refractivity contribution in [3.05, 3.63) is 60.2 Å². The van der Waals surface area contributed by atoms with Crippen LogP contribution in [0.4, 0.5) is 0 Å². The fraction of sp³-hybridized carbons (Fsp3) is 0.417. The van der Waals surface area contributed by atoms with Gasteiger partial charge in [-0.3, -0.25) is 9.59 Å². The largest absolute Gasteiger partial charge is 0.339 e. The average molecular weight is 377 g/mol. The standard InChI is InChI=1S/C24H28N2O2/c27-23(18-19-6-4-5-7-19)25-14-16-26(17-15-25)24(28)22-12-10-21(11-13-22)20-8-2-1-3-9-20/h1-3,8-13,19H,4-7,14-18H2. The van der Waals surface area contributed by atoms with Crippen LogP contribution in [0.2, 0.25) is 0 Å². The zero-order chi connectivity index (χ0) is 19.3. The van der Waals surface area contributed by atoms with Crippen LogP contribution < -0.4 is 0 Å². The van der Waals surface area contributed by atoms with Crippen LogP contribution in [-0.2, 0) is 4.79 Å². The molecule has 146 valence electrons. The Hall–Kier alpha value is -2.62. The molecule has 28 heavy (non-hydrogen) atoms. The molecule has 4 nitrogen and oxygen atoms in total. The summed E-state index contributed by atoms with van der Waals surface area (Å²) in [5.41, 5.74) is 2.97. The summed E-state index contributed by atoms with van der Waals surface area (Å²) in [6.45, 7) is 2.55. The van der Waals surface area contributed by atoms with Gasteiger partial charge in [0.15, 0.2) is 0 Å². The Labute approximate surface area is 167 Å². The molecule has 2 aliphatic rings. The number of rotatable bonds is 4. The summed E-state index contributed by atoms with van der Waals surface area (Å²) in [7, 11) is 0. The van der Waals surface area contributed by atoms with E-state index < -0.39 is 0 Å². The van der Waals surface area contributed by atoms with Crippen molar-refractivity contribution in [3.8, 4) is 11.1 Å². The first-order valence-electron chi connectivity index (χ1n) is 10.4. The monoisotopic (exact) mass is 376 g/mol. The lowest BCUT2D eigenvalue weighted by atomic mass is 10.0. The van der Waals surface area contributed by atoms with E-state index in [-0.39, 0.29) is 11.8 Å². The lowest BCUT2D eigenvalue weighted by Gasteiger charge is -2.35. The quantitative estimate of drug-likeness (QED) is 0.802. The van der Waals surface area contributed by atoms with Gasteiger partial charge < -0.3 is 9.80 Å². The smallest absolute Gasteiger partial charge is 0.253 e. The van der Waals surface area contributed by atoms with Gasteiger partial charge in [0.05, 0.1) is 0 Å². The Morgan fingerprint density at radius 2 is 1.32 bits per heavy atom. The van der Waals surface area contributed by atoms with E-state index in [1.165, 1.54) is 25.7 Å². The molecule has 4 rings (SSSR count). The summed E-state index contributed by atoms with van der Waals surface area (Å²) in [4.78, 5) is 29.1. The number of hydrogen-bond acceptors (Lipinski definition) is 2. The van der Waals surface area contributed by atoms with Crippen molar-refractivity contribution in [1.82, 2.24) is 9.80 Å². The third-order valence-corrected chi connectivity index (χ3v) is 6.10. The Kier molecular flexibility index (Phi) is 5.75. The minimum atomic E-state index is 0.0579. The number of nitrogens with zero attached hydrogens (tertiary/aromatic N) is 2. The number of carbonyl (C=O) groups is 2. The molecule has 2 fully saturated rings. The molecule has 4 heteroatoms. The first-order chi connectivity index (χ1) is 13.7. The molecule has 0 aromatic heterocycles. The second-order valence-corrected chi connectivity index (χ2v) is 7.97. The fourth-order valence-corrected chi connectivity index (χ4v) is 4.37. The first kappa shape index (κ1) is 18.7. The average Bonchev–Trinajstić information content (AvgIpc) is 3.27. The van der Waals surface area contributed by atoms with Crippen LogP contribution >= 0.6 is 0 Å². The van der Waals surface area contributed by atoms with E-state index in [9.17, 15) is 9.59 Å². The Morgan fingerprint density at radius 1 is 0.750 bits per heavy atom. The normalized spacial score (nSPS) is 17.7. The summed E-state index contributed by atoms with van der Waals surface area (Å²) in [5.74, 6) is 0.906. The van der Waals surface area contributed by atoms with Gasteiger partial charge in [-0.25, -0.2) is 0 Å². The van der Waals surface area contributed by atoms with Crippen molar-refractivity contribution in [2.24, 2.45) is 5.92 Å². The second kappa shape index (κ2) is 8.59. The van der Waals surface area contributed by atoms with Crippen molar-refractivity contribution in [1.29, 1.82) is 0 Å². The van der Waals surface area contributed by atoms with Crippen molar-refractivity contribution in [3.63, 3.8) is 0 Å². The Bertz CT molecular complexity index is 802. The summed E-state index contributed by atoms with van der Waals surface area (Å²) in [6, 6.07) is 18.0. The molecule has 2 aromatic rings. The van der Waals surface area contributed by atoms with Gasteiger partial charge in [-0.2, -0.15) is 0 Å². The van der Waals surface area contributed by atoms with Gasteiger partial charge in [0.1, 0.15) is 0 Å². The van der Waals surface area contributed by atoms with Crippen molar-refractivity contribution < 1.29 is 9.59 Å². The summed E-state index contributed by atoms with van der Waals surface area (Å²) < 4.78 is 0. The number of piperazine rings is 1. The predicted octanol–water partition coefficient (Wildman–Crippen LogP) is 4.22. The van der Waals surface area contributed by atoms with Gasteiger partial charge >= 0.3 is 0 Å². The van der Waals surface area contributed by atoms with Gasteiger partial charge in [-0.05, 0) is 42.0 Å². The van der Waals surface area contributed by atoms with Gasteiger partial charge in [0.25, 0.3) is 5.91 Å². The van der Waals surface area contributed by atoms with Crippen LogP contribution in [0.25, 0.3) is 11.1 Å². The maximum atomic E-state index is 12.8. The van der Waals surface area contributed by atoms with E-state index in [0.717, 1.165) is 11.1 Å². The molecule has 0 radical (unpaired) electrons. The van der Waals surface area contributed by atoms with Gasteiger partial charge in [0, 0.05) is 38.2 Å². The highest BCUT2D eigenvalue weighted by molar-refractivity contribution is 5.95. The van der Waals surface area contributed by atoms with Crippen molar-refractivity contribution in [2.45, 2.75) is 32.1 Å². The minimum Gasteiger partial charge on any atom is -0.339 e. The molecular weight excluding hydrogens is 348 g/mol. The predicted molar refractivity (Wildman–Crippen MR) is 111 cm³/mol. The zero-order valence-electron chi connectivity index (χ0n) is 16.3. The molecule has 0 N–H and O–H groups in total. The van der Waals surface area contributed by atoms with Crippen molar-refractivity contribution in [2.75, 3.05) is 26.2 Å². The molecule has 1 saturated carbocycles. The lowest BCUT2D eigenvalue weighted by Crippen LogP contribution is -2.50. The summed E-state index contributed by atoms with van der Waals surface area (Å²) in [6.07, 6.45) is 5.62. The van der Waals surface area contributed by atoms with Gasteiger partial charge in [-0.15, -0.1) is 0 Å². The molecule has 1 heterocycles. The van der Waals surface area contributed by atoms with Gasteiger partial charge in [0.2, 0.25) is 5.91 Å². The lowest BCUT2D eigenvalue weighted by molar-refractivity contribution is -0.133. The van der Waals surface area contributed by atoms with E-state index in [1.54, 1.807) is 0 Å². The SMILES string of the molecule is O=C(CC1CCCC1)N1CCN(C(=O)c2ccc(-c3ccccc3)cc2)CC1. The molecule has 0 spiro atoms. The highest BCUT2D eigenvalue weighted by Gasteiger charge is 2.27. The van der Waals surface area contributed by atoms with Crippen LogP contribution in [0.1, 0.15) is 42.5 Å². The van der Waals surface area contributed by atoms with Crippen LogP contribution in [0.15, 0.2) is 54.6 Å². The van der Waals surface area contributed by atoms with E-state index in [2.05, 4.69) is 12.1 Å². The zero-order valence-corrected chi connectivity index (χ0v) is 16.3. The van der Waals surface area contributed by atoms with Gasteiger partial charge in [-0.1, -0.05) is 55.3 Å². The second-order valence-electron chi connectivity index (χ2n) is 7.97. The van der Waals surface area contributed by atoms with E-state index in [0.29, 0.717) is 44.1 Å². The molecule has 0 unspecified atom stereocenters. The summed E-state index contributed by atoms with van der Waals surface area (Å²) >= 11 is 0. The number of benzene rings is 2. The third kappa shape index (κ3) is 4.27. The molecule has 1 aliphatic heterocycles. The Morgan fingerprint density at radius 3 is 1.96 bits per heavy atom. The molecule has 0 bridgehead atoms. The third-order valence-electron chi connectivity index (χ3n) is 6.10. The highest BCUT2D eigenvalue weighted by Crippen LogP contribution is 2.28. The number of hydrogen-bond donors (Lipinski definition) is 0. The molecule has 2 aromatic carbocycles. The summed E-state index contributed by atoms with van der Waals surface area (Å²) in [5, 5.41) is 0. The first-order valence-corrected chi connectivity index (χ1v) is 10.4.